The maximum absolute atomic E-state index is 12.6. The van der Waals surface area contributed by atoms with Gasteiger partial charge in [0.15, 0.2) is 9.84 Å². The van der Waals surface area contributed by atoms with Crippen LogP contribution in [0.2, 0.25) is 0 Å². The van der Waals surface area contributed by atoms with Gasteiger partial charge >= 0.3 is 0 Å². The van der Waals surface area contributed by atoms with E-state index in [1.165, 1.54) is 30.0 Å². The molecule has 1 N–H and O–H groups in total. The number of carbonyl (C=O) groups is 1. The van der Waals surface area contributed by atoms with Crippen LogP contribution in [0, 0.1) is 6.92 Å². The SMILES string of the molecule is Cc1ccc(C(=O)N[C@H](C)c2ccc3c(c2)CCCC3)cc1S(C)(=O)=O. The fourth-order valence-corrected chi connectivity index (χ4v) is 4.52. The van der Waals surface area contributed by atoms with E-state index in [2.05, 4.69) is 23.5 Å². The van der Waals surface area contributed by atoms with Crippen molar-refractivity contribution in [3.8, 4) is 0 Å². The summed E-state index contributed by atoms with van der Waals surface area (Å²) in [5.74, 6) is -0.264. The van der Waals surface area contributed by atoms with Gasteiger partial charge in [0.2, 0.25) is 0 Å². The second kappa shape index (κ2) is 7.23. The van der Waals surface area contributed by atoms with Gasteiger partial charge in [0.05, 0.1) is 10.9 Å². The monoisotopic (exact) mass is 371 g/mol. The molecule has 0 aromatic heterocycles. The summed E-state index contributed by atoms with van der Waals surface area (Å²) in [6, 6.07) is 11.1. The van der Waals surface area contributed by atoms with Gasteiger partial charge in [0, 0.05) is 11.8 Å². The molecule has 0 heterocycles. The smallest absolute Gasteiger partial charge is 0.251 e. The molecule has 5 heteroatoms. The van der Waals surface area contributed by atoms with Crippen molar-refractivity contribution in [1.82, 2.24) is 5.32 Å². The van der Waals surface area contributed by atoms with Crippen LogP contribution in [0.25, 0.3) is 0 Å². The Balaban J connectivity index is 1.80. The third-order valence-electron chi connectivity index (χ3n) is 5.07. The molecule has 138 valence electrons. The molecule has 2 aromatic rings. The molecule has 0 saturated carbocycles. The number of sulfone groups is 1. The van der Waals surface area contributed by atoms with Crippen LogP contribution in [0.1, 0.15) is 58.4 Å². The van der Waals surface area contributed by atoms with Crippen molar-refractivity contribution in [2.45, 2.75) is 50.5 Å². The Morgan fingerprint density at radius 3 is 2.42 bits per heavy atom. The van der Waals surface area contributed by atoms with E-state index in [0.29, 0.717) is 11.1 Å². The first-order chi connectivity index (χ1) is 12.3. The molecule has 2 aromatic carbocycles. The lowest BCUT2D eigenvalue weighted by Gasteiger charge is -2.20. The van der Waals surface area contributed by atoms with Gasteiger partial charge < -0.3 is 5.32 Å². The first kappa shape index (κ1) is 18.6. The maximum Gasteiger partial charge on any atom is 0.251 e. The molecule has 0 radical (unpaired) electrons. The van der Waals surface area contributed by atoms with Gasteiger partial charge in [-0.05, 0) is 73.9 Å². The molecule has 0 fully saturated rings. The summed E-state index contributed by atoms with van der Waals surface area (Å²) in [6.07, 6.45) is 5.85. The van der Waals surface area contributed by atoms with Crippen molar-refractivity contribution in [2.75, 3.05) is 6.26 Å². The van der Waals surface area contributed by atoms with Crippen LogP contribution in [0.5, 0.6) is 0 Å². The quantitative estimate of drug-likeness (QED) is 0.890. The van der Waals surface area contributed by atoms with E-state index < -0.39 is 9.84 Å². The van der Waals surface area contributed by atoms with Crippen molar-refractivity contribution < 1.29 is 13.2 Å². The van der Waals surface area contributed by atoms with Crippen LogP contribution in [0.4, 0.5) is 0 Å². The number of carbonyl (C=O) groups excluding carboxylic acids is 1. The van der Waals surface area contributed by atoms with Gasteiger partial charge in [-0.25, -0.2) is 8.42 Å². The molecule has 1 aliphatic carbocycles. The van der Waals surface area contributed by atoms with Gasteiger partial charge in [-0.2, -0.15) is 0 Å². The Morgan fingerprint density at radius 1 is 1.04 bits per heavy atom. The van der Waals surface area contributed by atoms with Crippen LogP contribution < -0.4 is 5.32 Å². The fraction of sp³-hybridized carbons (Fsp3) is 0.381. The lowest BCUT2D eigenvalue weighted by molar-refractivity contribution is 0.0939. The first-order valence-corrected chi connectivity index (χ1v) is 10.9. The van der Waals surface area contributed by atoms with Crippen LogP contribution >= 0.6 is 0 Å². The summed E-state index contributed by atoms with van der Waals surface area (Å²) in [6.45, 7) is 3.68. The molecule has 4 nitrogen and oxygen atoms in total. The number of hydrogen-bond donors (Lipinski definition) is 1. The molecule has 0 bridgehead atoms. The summed E-state index contributed by atoms with van der Waals surface area (Å²) in [5, 5.41) is 2.98. The van der Waals surface area contributed by atoms with E-state index in [9.17, 15) is 13.2 Å². The molecule has 0 spiro atoms. The Hall–Kier alpha value is -2.14. The third-order valence-corrected chi connectivity index (χ3v) is 6.31. The van der Waals surface area contributed by atoms with E-state index in [-0.39, 0.29) is 16.8 Å². The number of hydrogen-bond acceptors (Lipinski definition) is 3. The highest BCUT2D eigenvalue weighted by atomic mass is 32.2. The van der Waals surface area contributed by atoms with Crippen LogP contribution in [0.3, 0.4) is 0 Å². The van der Waals surface area contributed by atoms with Crippen molar-refractivity contribution in [3.63, 3.8) is 0 Å². The highest BCUT2D eigenvalue weighted by Gasteiger charge is 2.17. The third kappa shape index (κ3) is 3.98. The topological polar surface area (TPSA) is 63.2 Å². The van der Waals surface area contributed by atoms with E-state index in [1.807, 2.05) is 6.92 Å². The molecule has 1 aliphatic rings. The second-order valence-electron chi connectivity index (χ2n) is 7.18. The number of aryl methyl sites for hydroxylation is 3. The number of nitrogens with one attached hydrogen (secondary N) is 1. The predicted octanol–water partition coefficient (Wildman–Crippen LogP) is 3.77. The number of fused-ring (bicyclic) bond motifs is 1. The summed E-state index contributed by atoms with van der Waals surface area (Å²) >= 11 is 0. The summed E-state index contributed by atoms with van der Waals surface area (Å²) < 4.78 is 23.8. The van der Waals surface area contributed by atoms with Gasteiger partial charge in [-0.15, -0.1) is 0 Å². The molecule has 1 atom stereocenters. The number of benzene rings is 2. The van der Waals surface area contributed by atoms with Crippen molar-refractivity contribution in [2.24, 2.45) is 0 Å². The summed E-state index contributed by atoms with van der Waals surface area (Å²) in [7, 11) is -3.36. The minimum atomic E-state index is -3.36. The van der Waals surface area contributed by atoms with E-state index >= 15 is 0 Å². The zero-order chi connectivity index (χ0) is 18.9. The first-order valence-electron chi connectivity index (χ1n) is 8.99. The molecule has 1 amide bonds. The van der Waals surface area contributed by atoms with Crippen molar-refractivity contribution >= 4 is 15.7 Å². The van der Waals surface area contributed by atoms with Crippen molar-refractivity contribution in [1.29, 1.82) is 0 Å². The molecule has 0 saturated heterocycles. The number of amides is 1. The number of rotatable bonds is 4. The average molecular weight is 372 g/mol. The summed E-state index contributed by atoms with van der Waals surface area (Å²) in [5.41, 5.74) is 4.88. The molecule has 26 heavy (non-hydrogen) atoms. The van der Waals surface area contributed by atoms with Crippen LogP contribution in [-0.2, 0) is 22.7 Å². The lowest BCUT2D eigenvalue weighted by atomic mass is 9.89. The zero-order valence-electron chi connectivity index (χ0n) is 15.5. The summed E-state index contributed by atoms with van der Waals surface area (Å²) in [4.78, 5) is 12.8. The average Bonchev–Trinajstić information content (AvgIpc) is 2.60. The normalized spacial score (nSPS) is 15.2. The molecule has 0 aliphatic heterocycles. The fourth-order valence-electron chi connectivity index (χ4n) is 3.53. The Bertz CT molecular complexity index is 948. The maximum atomic E-state index is 12.6. The second-order valence-corrected chi connectivity index (χ2v) is 9.17. The molecular formula is C21H25NO3S. The molecule has 3 rings (SSSR count). The minimum absolute atomic E-state index is 0.141. The highest BCUT2D eigenvalue weighted by molar-refractivity contribution is 7.90. The zero-order valence-corrected chi connectivity index (χ0v) is 16.3. The Morgan fingerprint density at radius 2 is 1.73 bits per heavy atom. The largest absolute Gasteiger partial charge is 0.346 e. The van der Waals surface area contributed by atoms with Crippen LogP contribution in [-0.4, -0.2) is 20.6 Å². The van der Waals surface area contributed by atoms with Crippen molar-refractivity contribution in [3.05, 3.63) is 64.2 Å². The minimum Gasteiger partial charge on any atom is -0.346 e. The molecular weight excluding hydrogens is 346 g/mol. The van der Waals surface area contributed by atoms with Gasteiger partial charge in [0.25, 0.3) is 5.91 Å². The van der Waals surface area contributed by atoms with Gasteiger partial charge in [-0.1, -0.05) is 24.3 Å². The van der Waals surface area contributed by atoms with E-state index in [0.717, 1.165) is 24.7 Å². The standard InChI is InChI=1S/C21H25NO3S/c1-14-8-9-19(13-20(14)26(3,24)25)21(23)22-15(2)17-11-10-16-6-4-5-7-18(16)12-17/h8-13,15H,4-7H2,1-3H3,(H,22,23)/t15-/m1/s1. The Kier molecular flexibility index (Phi) is 5.19. The van der Waals surface area contributed by atoms with E-state index in [1.54, 1.807) is 19.1 Å². The van der Waals surface area contributed by atoms with E-state index in [4.69, 9.17) is 0 Å². The Labute approximate surface area is 155 Å². The van der Waals surface area contributed by atoms with Gasteiger partial charge in [-0.3, -0.25) is 4.79 Å². The molecule has 0 unspecified atom stereocenters. The highest BCUT2D eigenvalue weighted by Crippen LogP contribution is 2.25. The van der Waals surface area contributed by atoms with Gasteiger partial charge in [0.1, 0.15) is 0 Å². The lowest BCUT2D eigenvalue weighted by Crippen LogP contribution is -2.27. The predicted molar refractivity (Wildman–Crippen MR) is 103 cm³/mol. The van der Waals surface area contributed by atoms with Crippen LogP contribution in [0.15, 0.2) is 41.3 Å².